The fraction of sp³-hybridized carbons (Fsp3) is 0. The van der Waals surface area contributed by atoms with E-state index >= 15 is 0 Å². The number of nitrogens with zero attached hydrogens (tertiary/aromatic N) is 3. The number of nitrogens with two attached hydrogens (primary N) is 1. The van der Waals surface area contributed by atoms with Gasteiger partial charge in [0.1, 0.15) is 6.07 Å². The minimum atomic E-state index is 0.255. The van der Waals surface area contributed by atoms with Crippen LogP contribution in [0.3, 0.4) is 0 Å². The zero-order chi connectivity index (χ0) is 8.69. The summed E-state index contributed by atoms with van der Waals surface area (Å²) in [5, 5.41) is 27.9. The average Bonchev–Trinajstić information content (AvgIpc) is 2.36. The summed E-state index contributed by atoms with van der Waals surface area (Å²) in [6.45, 7) is 0. The van der Waals surface area contributed by atoms with Crippen LogP contribution in [0, 0.1) is 22.8 Å². The second-order valence-electron chi connectivity index (χ2n) is 1.40. The third-order valence-corrected chi connectivity index (χ3v) is 0.776. The van der Waals surface area contributed by atoms with Crippen LogP contribution in [-0.4, -0.2) is 15.3 Å². The van der Waals surface area contributed by atoms with Crippen LogP contribution >= 0.6 is 0 Å². The van der Waals surface area contributed by atoms with Crippen LogP contribution in [0.5, 0.6) is 0 Å². The van der Waals surface area contributed by atoms with Gasteiger partial charge in [0.15, 0.2) is 5.69 Å². The monoisotopic (exact) mass is 151 g/mol. The number of hydrogen-bond donors (Lipinski definition) is 3. The van der Waals surface area contributed by atoms with Gasteiger partial charge in [0.05, 0.1) is 5.69 Å². The summed E-state index contributed by atoms with van der Waals surface area (Å²) in [6, 6.07) is 1.81. The number of anilines is 1. The number of H-pyrrole nitrogens is 1. The summed E-state index contributed by atoms with van der Waals surface area (Å²) >= 11 is 0. The highest BCUT2D eigenvalue weighted by Crippen LogP contribution is 2.01. The lowest BCUT2D eigenvalue weighted by Gasteiger charge is -1.75. The molecule has 11 heavy (non-hydrogen) atoms. The molecule has 0 amide bonds. The zero-order valence-electron chi connectivity index (χ0n) is 5.44. The van der Waals surface area contributed by atoms with E-state index in [9.17, 15) is 0 Å². The number of aliphatic hydroxyl groups excluding tert-OH is 1. The van der Waals surface area contributed by atoms with Gasteiger partial charge in [-0.2, -0.15) is 15.6 Å². The van der Waals surface area contributed by atoms with Crippen LogP contribution in [-0.2, 0) is 0 Å². The number of nitrogen functional groups attached to an aromatic ring is 1. The molecule has 6 nitrogen and oxygen atoms in total. The predicted octanol–water partition coefficient (Wildman–Crippen LogP) is -0.296. The standard InChI is InChI=1S/C4H4N4.CHNO/c5-1-4-3(6)2-7-8-4;2-1-3/h2H,6H2,(H,7,8);3H. The maximum absolute atomic E-state index is 8.19. The maximum Gasteiger partial charge on any atom is 0.283 e. The van der Waals surface area contributed by atoms with Gasteiger partial charge in [-0.15, -0.1) is 0 Å². The van der Waals surface area contributed by atoms with Gasteiger partial charge in [-0.1, -0.05) is 0 Å². The molecule has 56 valence electrons. The Morgan fingerprint density at radius 3 is 2.36 bits per heavy atom. The first kappa shape index (κ1) is 8.79. The molecule has 4 N–H and O–H groups in total. The first-order valence-electron chi connectivity index (χ1n) is 2.48. The molecule has 0 saturated heterocycles. The Balaban J connectivity index is 0.000000292. The fourth-order valence-corrected chi connectivity index (χ4v) is 0.389. The highest BCUT2D eigenvalue weighted by atomic mass is 16.2. The van der Waals surface area contributed by atoms with Gasteiger partial charge < -0.3 is 10.8 Å². The molecule has 0 unspecified atom stereocenters. The summed E-state index contributed by atoms with van der Waals surface area (Å²) in [7, 11) is 0. The van der Waals surface area contributed by atoms with Crippen molar-refractivity contribution in [3.8, 4) is 12.3 Å². The SMILES string of the molecule is N#CO.N#Cc1n[nH]cc1N. The number of nitrogens with one attached hydrogen (secondary N) is 1. The highest BCUT2D eigenvalue weighted by Gasteiger charge is 1.95. The Bertz CT molecular complexity index is 291. The zero-order valence-corrected chi connectivity index (χ0v) is 5.44. The van der Waals surface area contributed by atoms with Gasteiger partial charge in [0.25, 0.3) is 6.26 Å². The molecule has 1 rings (SSSR count). The lowest BCUT2D eigenvalue weighted by Crippen LogP contribution is -1.83. The number of rotatable bonds is 0. The summed E-state index contributed by atoms with van der Waals surface area (Å²) in [5.74, 6) is 0. The van der Waals surface area contributed by atoms with Crippen molar-refractivity contribution >= 4 is 5.69 Å². The van der Waals surface area contributed by atoms with Crippen LogP contribution < -0.4 is 5.73 Å². The first-order chi connectivity index (χ1) is 5.26. The molecule has 0 aliphatic carbocycles. The van der Waals surface area contributed by atoms with Crippen LogP contribution in [0.1, 0.15) is 5.69 Å². The molecule has 0 radical (unpaired) electrons. The smallest absolute Gasteiger partial charge is 0.283 e. The Labute approximate surface area is 62.5 Å². The largest absolute Gasteiger partial charge is 0.443 e. The van der Waals surface area contributed by atoms with E-state index in [0.717, 1.165) is 6.26 Å². The molecule has 0 spiro atoms. The lowest BCUT2D eigenvalue weighted by molar-refractivity contribution is 0.503. The van der Waals surface area contributed by atoms with Crippen LogP contribution in [0.15, 0.2) is 6.20 Å². The van der Waals surface area contributed by atoms with Crippen molar-refractivity contribution in [2.24, 2.45) is 0 Å². The number of aromatic amines is 1. The van der Waals surface area contributed by atoms with Crippen molar-refractivity contribution in [3.63, 3.8) is 0 Å². The van der Waals surface area contributed by atoms with Gasteiger partial charge in [0.2, 0.25) is 0 Å². The summed E-state index contributed by atoms with van der Waals surface area (Å²) in [4.78, 5) is 0. The molecule has 0 fully saturated rings. The Morgan fingerprint density at radius 1 is 1.64 bits per heavy atom. The van der Waals surface area contributed by atoms with Crippen molar-refractivity contribution in [2.45, 2.75) is 0 Å². The van der Waals surface area contributed by atoms with E-state index in [1.165, 1.54) is 6.20 Å². The van der Waals surface area contributed by atoms with E-state index in [0.29, 0.717) is 5.69 Å². The Morgan fingerprint density at radius 2 is 2.18 bits per heavy atom. The molecule has 1 aromatic heterocycles. The van der Waals surface area contributed by atoms with Crippen molar-refractivity contribution < 1.29 is 5.11 Å². The quantitative estimate of drug-likeness (QED) is 0.439. The fourth-order valence-electron chi connectivity index (χ4n) is 0.389. The summed E-state index contributed by atoms with van der Waals surface area (Å²) < 4.78 is 0. The molecule has 0 bridgehead atoms. The van der Waals surface area contributed by atoms with Gasteiger partial charge in [-0.3, -0.25) is 5.10 Å². The van der Waals surface area contributed by atoms with Gasteiger partial charge >= 0.3 is 0 Å². The van der Waals surface area contributed by atoms with E-state index < -0.39 is 0 Å². The molecule has 1 heterocycles. The van der Waals surface area contributed by atoms with E-state index in [4.69, 9.17) is 21.4 Å². The predicted molar refractivity (Wildman–Crippen MR) is 35.3 cm³/mol. The van der Waals surface area contributed by atoms with E-state index in [-0.39, 0.29) is 5.69 Å². The highest BCUT2D eigenvalue weighted by molar-refractivity contribution is 5.47. The third-order valence-electron chi connectivity index (χ3n) is 0.776. The summed E-state index contributed by atoms with van der Waals surface area (Å²) in [5.41, 5.74) is 5.89. The molecule has 0 atom stereocenters. The van der Waals surface area contributed by atoms with Crippen molar-refractivity contribution in [1.29, 1.82) is 10.5 Å². The Kier molecular flexibility index (Phi) is 3.71. The van der Waals surface area contributed by atoms with Crippen molar-refractivity contribution in [3.05, 3.63) is 11.9 Å². The van der Waals surface area contributed by atoms with E-state index in [2.05, 4.69) is 10.2 Å². The maximum atomic E-state index is 8.19. The van der Waals surface area contributed by atoms with Crippen LogP contribution in [0.25, 0.3) is 0 Å². The Hall–Kier alpha value is -2.21. The number of aromatic nitrogens is 2. The van der Waals surface area contributed by atoms with Crippen LogP contribution in [0.2, 0.25) is 0 Å². The molecular weight excluding hydrogens is 146 g/mol. The van der Waals surface area contributed by atoms with E-state index in [1.807, 2.05) is 6.07 Å². The van der Waals surface area contributed by atoms with Crippen molar-refractivity contribution in [1.82, 2.24) is 10.2 Å². The number of hydrogen-bond acceptors (Lipinski definition) is 5. The van der Waals surface area contributed by atoms with Crippen molar-refractivity contribution in [2.75, 3.05) is 5.73 Å². The summed E-state index contributed by atoms with van der Waals surface area (Å²) in [6.07, 6.45) is 2.22. The normalized spacial score (nSPS) is 6.73. The molecule has 0 saturated carbocycles. The third kappa shape index (κ3) is 2.72. The lowest BCUT2D eigenvalue weighted by atomic mass is 10.4. The van der Waals surface area contributed by atoms with Gasteiger partial charge in [-0.25, -0.2) is 0 Å². The molecule has 0 aliphatic heterocycles. The molecule has 0 aromatic carbocycles. The topological polar surface area (TPSA) is 123 Å². The van der Waals surface area contributed by atoms with E-state index in [1.54, 1.807) is 0 Å². The van der Waals surface area contributed by atoms with Crippen LogP contribution in [0.4, 0.5) is 5.69 Å². The molecule has 1 aromatic rings. The van der Waals surface area contributed by atoms with Gasteiger partial charge in [0, 0.05) is 6.20 Å². The average molecular weight is 151 g/mol. The minimum Gasteiger partial charge on any atom is -0.443 e. The first-order valence-corrected chi connectivity index (χ1v) is 2.48. The number of nitriles is 2. The second-order valence-corrected chi connectivity index (χ2v) is 1.40. The second kappa shape index (κ2) is 4.65. The minimum absolute atomic E-state index is 0.255. The van der Waals surface area contributed by atoms with Gasteiger partial charge in [-0.05, 0) is 0 Å². The molecular formula is C5H5N5O. The molecule has 6 heteroatoms. The molecule has 0 aliphatic rings. The number of aliphatic hydroxyl groups is 1.